The summed E-state index contributed by atoms with van der Waals surface area (Å²) in [5, 5.41) is 10.6. The zero-order chi connectivity index (χ0) is 20.5. The number of rotatable bonds is 4. The normalized spacial score (nSPS) is 20.1. The second-order valence-electron chi connectivity index (χ2n) is 8.23. The summed E-state index contributed by atoms with van der Waals surface area (Å²) in [6, 6.07) is 12.9. The Morgan fingerprint density at radius 2 is 1.82 bits per heavy atom. The average molecular weight is 422 g/mol. The topological polar surface area (TPSA) is 49.8 Å². The van der Waals surface area contributed by atoms with Gasteiger partial charge in [-0.05, 0) is 29.7 Å². The number of fused-ring (bicyclic) bond motifs is 1. The van der Waals surface area contributed by atoms with Crippen molar-refractivity contribution in [2.45, 2.75) is 39.4 Å². The Hall–Kier alpha value is -1.59. The van der Waals surface area contributed by atoms with Crippen LogP contribution < -0.4 is 4.90 Å². The number of hydrogen-bond donors (Lipinski definition) is 1. The predicted molar refractivity (Wildman–Crippen MR) is 113 cm³/mol. The van der Waals surface area contributed by atoms with E-state index in [9.17, 15) is 9.90 Å². The Morgan fingerprint density at radius 3 is 2.46 bits per heavy atom. The van der Waals surface area contributed by atoms with E-state index in [0.717, 1.165) is 16.8 Å². The van der Waals surface area contributed by atoms with Crippen LogP contribution >= 0.6 is 23.2 Å². The fraction of sp³-hybridized carbons (Fsp3) is 0.409. The molecular weight excluding hydrogens is 397 g/mol. The SMILES string of the molecule is CC(C)(C)CN1C(=O)C(CCO)OC(c2ccccc2Cl)c2cc(Cl)ccc21. The third-order valence-electron chi connectivity index (χ3n) is 4.62. The molecule has 0 bridgehead atoms. The smallest absolute Gasteiger partial charge is 0.256 e. The first kappa shape index (κ1) is 21.1. The van der Waals surface area contributed by atoms with Crippen molar-refractivity contribution in [3.63, 3.8) is 0 Å². The number of anilines is 1. The van der Waals surface area contributed by atoms with Gasteiger partial charge in [-0.2, -0.15) is 0 Å². The van der Waals surface area contributed by atoms with Gasteiger partial charge >= 0.3 is 0 Å². The summed E-state index contributed by atoms with van der Waals surface area (Å²) >= 11 is 12.8. The zero-order valence-electron chi connectivity index (χ0n) is 16.3. The molecule has 2 atom stereocenters. The molecule has 2 aromatic rings. The molecular formula is C22H25Cl2NO3. The van der Waals surface area contributed by atoms with Crippen molar-refractivity contribution in [2.24, 2.45) is 5.41 Å². The fourth-order valence-electron chi connectivity index (χ4n) is 3.44. The maximum Gasteiger partial charge on any atom is 0.256 e. The predicted octanol–water partition coefficient (Wildman–Crippen LogP) is 5.24. The highest BCUT2D eigenvalue weighted by molar-refractivity contribution is 6.31. The monoisotopic (exact) mass is 421 g/mol. The summed E-state index contributed by atoms with van der Waals surface area (Å²) in [5.74, 6) is -0.165. The van der Waals surface area contributed by atoms with Gasteiger partial charge in [-0.15, -0.1) is 0 Å². The molecule has 0 radical (unpaired) electrons. The van der Waals surface area contributed by atoms with E-state index >= 15 is 0 Å². The summed E-state index contributed by atoms with van der Waals surface area (Å²) in [4.78, 5) is 15.1. The molecule has 0 aliphatic carbocycles. The number of halogens is 2. The van der Waals surface area contributed by atoms with Crippen LogP contribution in [0.1, 0.15) is 44.4 Å². The molecule has 3 rings (SSSR count). The number of carbonyl (C=O) groups excluding carboxylic acids is 1. The quantitative estimate of drug-likeness (QED) is 0.733. The molecule has 1 aliphatic heterocycles. The molecule has 2 unspecified atom stereocenters. The lowest BCUT2D eigenvalue weighted by atomic mass is 9.94. The van der Waals surface area contributed by atoms with Crippen LogP contribution in [0.2, 0.25) is 10.0 Å². The van der Waals surface area contributed by atoms with Crippen molar-refractivity contribution >= 4 is 34.8 Å². The summed E-state index contributed by atoms with van der Waals surface area (Å²) in [6.45, 7) is 6.60. The summed E-state index contributed by atoms with van der Waals surface area (Å²) in [7, 11) is 0. The van der Waals surface area contributed by atoms with Crippen LogP contribution in [0.3, 0.4) is 0 Å². The lowest BCUT2D eigenvalue weighted by Gasteiger charge is -2.31. The van der Waals surface area contributed by atoms with Crippen molar-refractivity contribution < 1.29 is 14.6 Å². The van der Waals surface area contributed by atoms with E-state index in [1.165, 1.54) is 0 Å². The third kappa shape index (κ3) is 4.52. The highest BCUT2D eigenvalue weighted by Gasteiger charge is 2.38. The van der Waals surface area contributed by atoms with Crippen molar-refractivity contribution in [1.29, 1.82) is 0 Å². The molecule has 1 N–H and O–H groups in total. The van der Waals surface area contributed by atoms with Gasteiger partial charge in [0.05, 0.1) is 0 Å². The van der Waals surface area contributed by atoms with Crippen LogP contribution in [-0.2, 0) is 9.53 Å². The first-order valence-electron chi connectivity index (χ1n) is 9.33. The van der Waals surface area contributed by atoms with E-state index in [2.05, 4.69) is 20.8 Å². The zero-order valence-corrected chi connectivity index (χ0v) is 17.8. The van der Waals surface area contributed by atoms with Crippen LogP contribution in [0.15, 0.2) is 42.5 Å². The maximum atomic E-state index is 13.3. The highest BCUT2D eigenvalue weighted by atomic mass is 35.5. The van der Waals surface area contributed by atoms with Crippen LogP contribution in [0.4, 0.5) is 5.69 Å². The molecule has 1 heterocycles. The Morgan fingerprint density at radius 1 is 1.11 bits per heavy atom. The van der Waals surface area contributed by atoms with E-state index < -0.39 is 12.2 Å². The molecule has 0 saturated carbocycles. The third-order valence-corrected chi connectivity index (χ3v) is 5.20. The second kappa shape index (κ2) is 8.42. The molecule has 2 aromatic carbocycles. The first-order chi connectivity index (χ1) is 13.2. The lowest BCUT2D eigenvalue weighted by Crippen LogP contribution is -2.43. The Labute approximate surface area is 176 Å². The minimum atomic E-state index is -0.778. The van der Waals surface area contributed by atoms with Crippen molar-refractivity contribution in [1.82, 2.24) is 0 Å². The summed E-state index contributed by atoms with van der Waals surface area (Å²) < 4.78 is 6.26. The minimum absolute atomic E-state index is 0.124. The molecule has 4 nitrogen and oxygen atoms in total. The van der Waals surface area contributed by atoms with Gasteiger partial charge in [0, 0.05) is 46.4 Å². The molecule has 0 spiro atoms. The number of aliphatic hydroxyl groups excluding tert-OH is 1. The van der Waals surface area contributed by atoms with Crippen LogP contribution in [-0.4, -0.2) is 30.3 Å². The standard InChI is InChI=1S/C22H25Cl2NO3/c1-22(2,3)13-25-18-9-8-14(23)12-16(18)20(15-6-4-5-7-17(15)24)28-19(10-11-26)21(25)27/h4-9,12,19-20,26H,10-11,13H2,1-3H3. The molecule has 1 aliphatic rings. The first-order valence-corrected chi connectivity index (χ1v) is 10.1. The van der Waals surface area contributed by atoms with Crippen LogP contribution in [0.5, 0.6) is 0 Å². The number of aliphatic hydroxyl groups is 1. The molecule has 6 heteroatoms. The average Bonchev–Trinajstić information content (AvgIpc) is 2.72. The largest absolute Gasteiger partial charge is 0.396 e. The Bertz CT molecular complexity index is 863. The van der Waals surface area contributed by atoms with Gasteiger partial charge in [-0.1, -0.05) is 62.2 Å². The van der Waals surface area contributed by atoms with Gasteiger partial charge in [-0.3, -0.25) is 4.79 Å². The van der Waals surface area contributed by atoms with Gasteiger partial charge < -0.3 is 14.7 Å². The number of nitrogens with zero attached hydrogens (tertiary/aromatic N) is 1. The number of hydrogen-bond acceptors (Lipinski definition) is 3. The van der Waals surface area contributed by atoms with Crippen molar-refractivity contribution in [3.8, 4) is 0 Å². The number of ether oxygens (including phenoxy) is 1. The van der Waals surface area contributed by atoms with Gasteiger partial charge in [0.1, 0.15) is 12.2 Å². The summed E-state index contributed by atoms with van der Waals surface area (Å²) in [6.07, 6.45) is -1.13. The maximum absolute atomic E-state index is 13.3. The van der Waals surface area contributed by atoms with Gasteiger partial charge in [-0.25, -0.2) is 0 Å². The Balaban J connectivity index is 2.20. The fourth-order valence-corrected chi connectivity index (χ4v) is 3.86. The van der Waals surface area contributed by atoms with E-state index in [4.69, 9.17) is 27.9 Å². The van der Waals surface area contributed by atoms with Gasteiger partial charge in [0.25, 0.3) is 5.91 Å². The van der Waals surface area contributed by atoms with E-state index in [-0.39, 0.29) is 24.3 Å². The molecule has 150 valence electrons. The van der Waals surface area contributed by atoms with E-state index in [1.54, 1.807) is 17.0 Å². The van der Waals surface area contributed by atoms with Crippen LogP contribution in [0.25, 0.3) is 0 Å². The summed E-state index contributed by atoms with van der Waals surface area (Å²) in [5.41, 5.74) is 2.19. The Kier molecular flexibility index (Phi) is 6.35. The molecule has 28 heavy (non-hydrogen) atoms. The molecule has 1 amide bonds. The van der Waals surface area contributed by atoms with E-state index in [0.29, 0.717) is 16.6 Å². The van der Waals surface area contributed by atoms with E-state index in [1.807, 2.05) is 30.3 Å². The highest BCUT2D eigenvalue weighted by Crippen LogP contribution is 2.42. The van der Waals surface area contributed by atoms with Crippen molar-refractivity contribution in [3.05, 3.63) is 63.6 Å². The van der Waals surface area contributed by atoms with Gasteiger partial charge in [0.15, 0.2) is 0 Å². The molecule has 0 saturated heterocycles. The number of carbonyl (C=O) groups is 1. The van der Waals surface area contributed by atoms with Gasteiger partial charge in [0.2, 0.25) is 0 Å². The molecule has 0 aromatic heterocycles. The van der Waals surface area contributed by atoms with Crippen LogP contribution in [0, 0.1) is 5.41 Å². The van der Waals surface area contributed by atoms with Crippen molar-refractivity contribution in [2.75, 3.05) is 18.1 Å². The lowest BCUT2D eigenvalue weighted by molar-refractivity contribution is -0.133. The minimum Gasteiger partial charge on any atom is -0.396 e. The second-order valence-corrected chi connectivity index (χ2v) is 9.07. The number of benzene rings is 2. The molecule has 0 fully saturated rings. The number of amides is 1.